The van der Waals surface area contributed by atoms with Gasteiger partial charge in [0.15, 0.2) is 0 Å². The van der Waals surface area contributed by atoms with E-state index >= 15 is 0 Å². The molecule has 0 aliphatic carbocycles. The molecule has 1 amide bonds. The molecule has 2 aliphatic rings. The van der Waals surface area contributed by atoms with Gasteiger partial charge in [-0.2, -0.15) is 5.26 Å². The number of carbonyl (C=O) groups excluding carboxylic acids is 1. The number of rotatable bonds is 4. The third-order valence-electron chi connectivity index (χ3n) is 4.39. The van der Waals surface area contributed by atoms with Gasteiger partial charge in [-0.15, -0.1) is 0 Å². The van der Waals surface area contributed by atoms with E-state index < -0.39 is 0 Å². The summed E-state index contributed by atoms with van der Waals surface area (Å²) in [5.41, 5.74) is 0. The van der Waals surface area contributed by atoms with Crippen molar-refractivity contribution in [3.8, 4) is 6.07 Å². The molecule has 2 aliphatic heterocycles. The number of nitriles is 1. The highest BCUT2D eigenvalue weighted by atomic mass is 16.2. The number of likely N-dealkylation sites (N-methyl/N-ethyl adjacent to an activating group) is 1. The first-order chi connectivity index (χ1) is 9.11. The first-order valence-electron chi connectivity index (χ1n) is 7.21. The Kier molecular flexibility index (Phi) is 4.78. The minimum Gasteiger partial charge on any atom is -0.344 e. The van der Waals surface area contributed by atoms with E-state index in [1.54, 1.807) is 11.9 Å². The zero-order valence-electron chi connectivity index (χ0n) is 12.0. The Hall–Kier alpha value is -1.12. The molecule has 0 aromatic heterocycles. The number of fused-ring (bicyclic) bond motifs is 1. The lowest BCUT2D eigenvalue weighted by molar-refractivity contribution is -0.132. The third kappa shape index (κ3) is 3.46. The second kappa shape index (κ2) is 6.36. The normalized spacial score (nSPS) is 27.8. The molecule has 2 heterocycles. The maximum Gasteiger partial charge on any atom is 0.236 e. The molecule has 2 saturated heterocycles. The van der Waals surface area contributed by atoms with Crippen molar-refractivity contribution in [1.29, 1.82) is 5.26 Å². The summed E-state index contributed by atoms with van der Waals surface area (Å²) in [6.07, 6.45) is 2.97. The van der Waals surface area contributed by atoms with Crippen LogP contribution in [-0.4, -0.2) is 72.5 Å². The van der Waals surface area contributed by atoms with Crippen LogP contribution >= 0.6 is 0 Å². The van der Waals surface area contributed by atoms with E-state index in [4.69, 9.17) is 5.26 Å². The molecular formula is C14H24N4O. The smallest absolute Gasteiger partial charge is 0.236 e. The molecule has 5 nitrogen and oxygen atoms in total. The number of piperazine rings is 1. The summed E-state index contributed by atoms with van der Waals surface area (Å²) in [7, 11) is 1.79. The lowest BCUT2D eigenvalue weighted by Crippen LogP contribution is -2.57. The minimum absolute atomic E-state index is 0.133. The fourth-order valence-electron chi connectivity index (χ4n) is 3.11. The summed E-state index contributed by atoms with van der Waals surface area (Å²) in [6.45, 7) is 6.55. The highest BCUT2D eigenvalue weighted by Crippen LogP contribution is 2.24. The largest absolute Gasteiger partial charge is 0.344 e. The first kappa shape index (κ1) is 14.3. The van der Waals surface area contributed by atoms with Crippen molar-refractivity contribution in [1.82, 2.24) is 14.7 Å². The quantitative estimate of drug-likeness (QED) is 0.743. The predicted octanol–water partition coefficient (Wildman–Crippen LogP) is 0.527. The molecule has 0 aromatic rings. The van der Waals surface area contributed by atoms with Crippen molar-refractivity contribution in [3.05, 3.63) is 0 Å². The fourth-order valence-corrected chi connectivity index (χ4v) is 3.11. The summed E-state index contributed by atoms with van der Waals surface area (Å²) in [5.74, 6) is 0.133. The van der Waals surface area contributed by atoms with Gasteiger partial charge < -0.3 is 4.90 Å². The Labute approximate surface area is 115 Å². The zero-order chi connectivity index (χ0) is 13.8. The number of hydrogen-bond acceptors (Lipinski definition) is 4. The second-order valence-electron chi connectivity index (χ2n) is 5.79. The summed E-state index contributed by atoms with van der Waals surface area (Å²) in [6, 6.07) is 3.18. The fraction of sp³-hybridized carbons (Fsp3) is 0.857. The van der Waals surface area contributed by atoms with Gasteiger partial charge in [-0.3, -0.25) is 14.6 Å². The standard InChI is InChI=1S/C14H24N4O/c1-12-9-17-8-3-5-13(17)10-18(12)11-14(19)16(2)7-4-6-15/h12-13H,3-5,7-11H2,1-2H3. The van der Waals surface area contributed by atoms with Crippen LogP contribution in [0.2, 0.25) is 0 Å². The molecule has 0 bridgehead atoms. The average molecular weight is 264 g/mol. The molecule has 0 aromatic carbocycles. The van der Waals surface area contributed by atoms with Gasteiger partial charge in [0.1, 0.15) is 0 Å². The number of hydrogen-bond donors (Lipinski definition) is 0. The van der Waals surface area contributed by atoms with Crippen LogP contribution in [-0.2, 0) is 4.79 Å². The van der Waals surface area contributed by atoms with Gasteiger partial charge in [0.05, 0.1) is 19.0 Å². The van der Waals surface area contributed by atoms with Crippen molar-refractivity contribution in [2.45, 2.75) is 38.3 Å². The maximum absolute atomic E-state index is 12.1. The highest BCUT2D eigenvalue weighted by molar-refractivity contribution is 5.78. The van der Waals surface area contributed by atoms with E-state index in [0.717, 1.165) is 13.1 Å². The molecule has 2 fully saturated rings. The number of nitrogens with zero attached hydrogens (tertiary/aromatic N) is 4. The minimum atomic E-state index is 0.133. The molecule has 5 heteroatoms. The first-order valence-corrected chi connectivity index (χ1v) is 7.21. The molecule has 0 radical (unpaired) electrons. The molecule has 2 atom stereocenters. The number of carbonyl (C=O) groups is 1. The van der Waals surface area contributed by atoms with Crippen LogP contribution in [0.15, 0.2) is 0 Å². The van der Waals surface area contributed by atoms with E-state index in [2.05, 4.69) is 22.8 Å². The van der Waals surface area contributed by atoms with Gasteiger partial charge in [-0.05, 0) is 26.3 Å². The van der Waals surface area contributed by atoms with E-state index in [9.17, 15) is 4.79 Å². The Morgan fingerprint density at radius 3 is 3.00 bits per heavy atom. The van der Waals surface area contributed by atoms with E-state index in [-0.39, 0.29) is 5.91 Å². The van der Waals surface area contributed by atoms with Gasteiger partial charge in [0, 0.05) is 38.8 Å². The van der Waals surface area contributed by atoms with Crippen molar-refractivity contribution < 1.29 is 4.79 Å². The topological polar surface area (TPSA) is 50.6 Å². The number of amides is 1. The maximum atomic E-state index is 12.1. The molecule has 2 unspecified atom stereocenters. The molecule has 0 saturated carbocycles. The Bertz CT molecular complexity index is 365. The van der Waals surface area contributed by atoms with Crippen LogP contribution < -0.4 is 0 Å². The van der Waals surface area contributed by atoms with Crippen LogP contribution in [0.3, 0.4) is 0 Å². The highest BCUT2D eigenvalue weighted by Gasteiger charge is 2.35. The molecule has 2 rings (SSSR count). The van der Waals surface area contributed by atoms with Crippen LogP contribution in [0.5, 0.6) is 0 Å². The SMILES string of the molecule is CC1CN2CCCC2CN1CC(=O)N(C)CCC#N. The molecule has 0 spiro atoms. The van der Waals surface area contributed by atoms with Gasteiger partial charge in [0.2, 0.25) is 5.91 Å². The summed E-state index contributed by atoms with van der Waals surface area (Å²) >= 11 is 0. The van der Waals surface area contributed by atoms with Gasteiger partial charge in [-0.25, -0.2) is 0 Å². The Balaban J connectivity index is 1.84. The van der Waals surface area contributed by atoms with Crippen molar-refractivity contribution >= 4 is 5.91 Å². The van der Waals surface area contributed by atoms with E-state index in [1.165, 1.54) is 19.4 Å². The summed E-state index contributed by atoms with van der Waals surface area (Å²) in [5, 5.41) is 8.56. The van der Waals surface area contributed by atoms with Crippen LogP contribution in [0.1, 0.15) is 26.2 Å². The molecule has 19 heavy (non-hydrogen) atoms. The van der Waals surface area contributed by atoms with Crippen molar-refractivity contribution in [3.63, 3.8) is 0 Å². The van der Waals surface area contributed by atoms with Crippen molar-refractivity contribution in [2.24, 2.45) is 0 Å². The summed E-state index contributed by atoms with van der Waals surface area (Å²) < 4.78 is 0. The summed E-state index contributed by atoms with van der Waals surface area (Å²) in [4.78, 5) is 18.7. The van der Waals surface area contributed by atoms with Crippen LogP contribution in [0, 0.1) is 11.3 Å². The average Bonchev–Trinajstić information content (AvgIpc) is 2.83. The Morgan fingerprint density at radius 1 is 1.47 bits per heavy atom. The second-order valence-corrected chi connectivity index (χ2v) is 5.79. The zero-order valence-corrected chi connectivity index (χ0v) is 12.0. The van der Waals surface area contributed by atoms with Crippen molar-refractivity contribution in [2.75, 3.05) is 39.8 Å². The lowest BCUT2D eigenvalue weighted by atomic mass is 10.1. The monoisotopic (exact) mass is 264 g/mol. The van der Waals surface area contributed by atoms with Crippen LogP contribution in [0.4, 0.5) is 0 Å². The Morgan fingerprint density at radius 2 is 2.26 bits per heavy atom. The van der Waals surface area contributed by atoms with Gasteiger partial charge in [0.25, 0.3) is 0 Å². The molecule has 106 valence electrons. The van der Waals surface area contributed by atoms with E-state index in [1.807, 2.05) is 0 Å². The lowest BCUT2D eigenvalue weighted by Gasteiger charge is -2.42. The third-order valence-corrected chi connectivity index (χ3v) is 4.39. The predicted molar refractivity (Wildman–Crippen MR) is 73.5 cm³/mol. The van der Waals surface area contributed by atoms with Gasteiger partial charge in [-0.1, -0.05) is 0 Å². The van der Waals surface area contributed by atoms with Gasteiger partial charge >= 0.3 is 0 Å². The van der Waals surface area contributed by atoms with Crippen LogP contribution in [0.25, 0.3) is 0 Å². The molecule has 0 N–H and O–H groups in total. The van der Waals surface area contributed by atoms with E-state index in [0.29, 0.717) is 31.6 Å². The molecular weight excluding hydrogens is 240 g/mol.